The van der Waals surface area contributed by atoms with Crippen LogP contribution in [0.4, 0.5) is 4.79 Å². The first-order valence-electron chi connectivity index (χ1n) is 11.7. The zero-order chi connectivity index (χ0) is 25.2. The molecule has 184 valence electrons. The maximum absolute atomic E-state index is 12.3. The molecule has 0 radical (unpaired) electrons. The fourth-order valence-electron chi connectivity index (χ4n) is 4.77. The van der Waals surface area contributed by atoms with Gasteiger partial charge in [-0.2, -0.15) is 5.10 Å². The molecule has 3 aromatic rings. The van der Waals surface area contributed by atoms with Crippen molar-refractivity contribution >= 4 is 6.09 Å². The molecule has 4 rings (SSSR count). The van der Waals surface area contributed by atoms with Gasteiger partial charge in [0.15, 0.2) is 0 Å². The van der Waals surface area contributed by atoms with Crippen molar-refractivity contribution in [2.24, 2.45) is 5.41 Å². The highest BCUT2D eigenvalue weighted by molar-refractivity contribution is 5.67. The van der Waals surface area contributed by atoms with E-state index in [0.717, 1.165) is 11.1 Å². The van der Waals surface area contributed by atoms with E-state index in [-0.39, 0.29) is 25.6 Å². The first-order chi connectivity index (χ1) is 16.7. The third-order valence-corrected chi connectivity index (χ3v) is 6.84. The van der Waals surface area contributed by atoms with Crippen LogP contribution in [0.5, 0.6) is 11.6 Å². The molecule has 1 aliphatic rings. The molecule has 35 heavy (non-hydrogen) atoms. The molecule has 1 aliphatic heterocycles. The molecule has 0 spiro atoms. The van der Waals surface area contributed by atoms with E-state index in [9.17, 15) is 20.1 Å². The number of rotatable bonds is 8. The Balaban J connectivity index is 1.75. The SMILES string of the molecule is CC(C)c1ccc([C@](O)(c2cnnc(Oc3ccccc3CCO)c2)C2(C)CN(C(=O)O)C2)cc1. The minimum atomic E-state index is -1.53. The molecule has 1 aromatic heterocycles. The minimum Gasteiger partial charge on any atom is -0.465 e. The predicted octanol–water partition coefficient (Wildman–Crippen LogP) is 4.16. The highest BCUT2D eigenvalue weighted by Crippen LogP contribution is 2.51. The number of likely N-dealkylation sites (tertiary alicyclic amines) is 1. The van der Waals surface area contributed by atoms with Gasteiger partial charge in [-0.15, -0.1) is 5.10 Å². The number of para-hydroxylation sites is 1. The summed E-state index contributed by atoms with van der Waals surface area (Å²) < 4.78 is 6.01. The number of aliphatic hydroxyl groups is 2. The summed E-state index contributed by atoms with van der Waals surface area (Å²) >= 11 is 0. The first kappa shape index (κ1) is 24.6. The molecule has 0 unspecified atom stereocenters. The number of ether oxygens (including phenoxy) is 1. The van der Waals surface area contributed by atoms with Crippen molar-refractivity contribution in [1.82, 2.24) is 15.1 Å². The van der Waals surface area contributed by atoms with Crippen LogP contribution in [0.15, 0.2) is 60.8 Å². The summed E-state index contributed by atoms with van der Waals surface area (Å²) in [7, 11) is 0. The molecular weight excluding hydrogens is 446 g/mol. The summed E-state index contributed by atoms with van der Waals surface area (Å²) in [4.78, 5) is 12.8. The average Bonchev–Trinajstić information content (AvgIpc) is 2.83. The maximum Gasteiger partial charge on any atom is 0.407 e. The van der Waals surface area contributed by atoms with Gasteiger partial charge < -0.3 is 25.0 Å². The van der Waals surface area contributed by atoms with Crippen LogP contribution in [0.25, 0.3) is 0 Å². The normalized spacial score (nSPS) is 16.5. The van der Waals surface area contributed by atoms with Crippen LogP contribution < -0.4 is 4.74 Å². The lowest BCUT2D eigenvalue weighted by molar-refractivity contribution is -0.124. The molecule has 2 aromatic carbocycles. The quantitative estimate of drug-likeness (QED) is 0.446. The summed E-state index contributed by atoms with van der Waals surface area (Å²) in [6.45, 7) is 6.40. The molecule has 8 nitrogen and oxygen atoms in total. The van der Waals surface area contributed by atoms with Crippen molar-refractivity contribution < 1.29 is 24.9 Å². The summed E-state index contributed by atoms with van der Waals surface area (Å²) in [5.41, 5.74) is 0.748. The Morgan fingerprint density at radius 3 is 2.46 bits per heavy atom. The molecule has 1 atom stereocenters. The van der Waals surface area contributed by atoms with Crippen LogP contribution >= 0.6 is 0 Å². The number of nitrogens with zero attached hydrogens (tertiary/aromatic N) is 3. The Bertz CT molecular complexity index is 1190. The number of benzene rings is 2. The second-order valence-corrected chi connectivity index (χ2v) is 9.65. The van der Waals surface area contributed by atoms with E-state index >= 15 is 0 Å². The zero-order valence-corrected chi connectivity index (χ0v) is 20.2. The van der Waals surface area contributed by atoms with Crippen molar-refractivity contribution in [3.8, 4) is 11.6 Å². The fourth-order valence-corrected chi connectivity index (χ4v) is 4.77. The lowest BCUT2D eigenvalue weighted by Crippen LogP contribution is -2.66. The molecule has 1 saturated heterocycles. The van der Waals surface area contributed by atoms with Crippen LogP contribution in [0.1, 0.15) is 48.9 Å². The molecule has 0 aliphatic carbocycles. The van der Waals surface area contributed by atoms with Crippen molar-refractivity contribution in [2.75, 3.05) is 19.7 Å². The summed E-state index contributed by atoms with van der Waals surface area (Å²) in [5, 5.41) is 39.3. The molecule has 3 N–H and O–H groups in total. The number of aliphatic hydroxyl groups excluding tert-OH is 1. The first-order valence-corrected chi connectivity index (χ1v) is 11.7. The Morgan fingerprint density at radius 1 is 1.14 bits per heavy atom. The summed E-state index contributed by atoms with van der Waals surface area (Å²) in [6, 6.07) is 16.7. The van der Waals surface area contributed by atoms with Crippen molar-refractivity contribution in [3.63, 3.8) is 0 Å². The maximum atomic E-state index is 12.3. The lowest BCUT2D eigenvalue weighted by Gasteiger charge is -2.55. The summed E-state index contributed by atoms with van der Waals surface area (Å²) in [5.74, 6) is 1.08. The van der Waals surface area contributed by atoms with Gasteiger partial charge in [-0.05, 0) is 35.1 Å². The fraction of sp³-hybridized carbons (Fsp3) is 0.370. The third kappa shape index (κ3) is 4.59. The molecule has 1 amide bonds. The Morgan fingerprint density at radius 2 is 1.83 bits per heavy atom. The van der Waals surface area contributed by atoms with E-state index in [0.29, 0.717) is 29.2 Å². The monoisotopic (exact) mass is 477 g/mol. The van der Waals surface area contributed by atoms with E-state index in [2.05, 4.69) is 24.0 Å². The van der Waals surface area contributed by atoms with Gasteiger partial charge in [-0.3, -0.25) is 0 Å². The van der Waals surface area contributed by atoms with Gasteiger partial charge in [0.1, 0.15) is 11.4 Å². The van der Waals surface area contributed by atoms with Crippen LogP contribution in [0, 0.1) is 5.41 Å². The van der Waals surface area contributed by atoms with Crippen molar-refractivity contribution in [2.45, 2.75) is 38.7 Å². The van der Waals surface area contributed by atoms with Gasteiger partial charge in [0, 0.05) is 36.7 Å². The van der Waals surface area contributed by atoms with E-state index in [1.807, 2.05) is 49.4 Å². The Kier molecular flexibility index (Phi) is 6.78. The van der Waals surface area contributed by atoms with Gasteiger partial charge in [0.05, 0.1) is 6.20 Å². The largest absolute Gasteiger partial charge is 0.465 e. The average molecular weight is 478 g/mol. The molecule has 2 heterocycles. The van der Waals surface area contributed by atoms with Crippen LogP contribution in [-0.2, 0) is 12.0 Å². The Hall–Kier alpha value is -3.49. The minimum absolute atomic E-state index is 0.0172. The molecule has 0 saturated carbocycles. The number of hydrogen-bond acceptors (Lipinski definition) is 6. The number of amides is 1. The molecule has 8 heteroatoms. The second kappa shape index (κ2) is 9.64. The highest BCUT2D eigenvalue weighted by atomic mass is 16.5. The highest BCUT2D eigenvalue weighted by Gasteiger charge is 2.57. The van der Waals surface area contributed by atoms with E-state index in [1.165, 1.54) is 11.1 Å². The third-order valence-electron chi connectivity index (χ3n) is 6.84. The molecule has 1 fully saturated rings. The van der Waals surface area contributed by atoms with Crippen molar-refractivity contribution in [1.29, 1.82) is 0 Å². The summed E-state index contributed by atoms with van der Waals surface area (Å²) in [6.07, 6.45) is 0.910. The molecular formula is C27H31N3O5. The predicted molar refractivity (Wildman–Crippen MR) is 131 cm³/mol. The zero-order valence-electron chi connectivity index (χ0n) is 20.2. The van der Waals surface area contributed by atoms with Gasteiger partial charge in [0.2, 0.25) is 5.88 Å². The van der Waals surface area contributed by atoms with Crippen LogP contribution in [-0.4, -0.2) is 56.2 Å². The van der Waals surface area contributed by atoms with E-state index < -0.39 is 17.1 Å². The van der Waals surface area contributed by atoms with Crippen LogP contribution in [0.2, 0.25) is 0 Å². The van der Waals surface area contributed by atoms with Gasteiger partial charge >= 0.3 is 6.09 Å². The number of aromatic nitrogens is 2. The lowest BCUT2D eigenvalue weighted by atomic mass is 9.62. The second-order valence-electron chi connectivity index (χ2n) is 9.65. The molecule has 0 bridgehead atoms. The van der Waals surface area contributed by atoms with E-state index in [1.54, 1.807) is 12.1 Å². The number of carbonyl (C=O) groups is 1. The smallest absolute Gasteiger partial charge is 0.407 e. The number of carboxylic acid groups (broad SMARTS) is 1. The number of hydrogen-bond donors (Lipinski definition) is 3. The van der Waals surface area contributed by atoms with E-state index in [4.69, 9.17) is 4.74 Å². The van der Waals surface area contributed by atoms with Crippen LogP contribution in [0.3, 0.4) is 0 Å². The standard InChI is InChI=1S/C27H31N3O5/c1-18(2)19-8-10-21(11-9-19)27(34,26(3)16-30(17-26)25(32)33)22-14-24(29-28-15-22)35-23-7-5-4-6-20(23)12-13-31/h4-11,14-15,18,31,34H,12-13,16-17H2,1-3H3,(H,32,33)/t27-/m0/s1. The van der Waals surface area contributed by atoms with Gasteiger partial charge in [-0.1, -0.05) is 63.2 Å². The van der Waals surface area contributed by atoms with Gasteiger partial charge in [-0.25, -0.2) is 4.79 Å². The topological polar surface area (TPSA) is 116 Å². The van der Waals surface area contributed by atoms with Crippen molar-refractivity contribution in [3.05, 3.63) is 83.0 Å². The van der Waals surface area contributed by atoms with Gasteiger partial charge in [0.25, 0.3) is 0 Å². The Labute approximate surface area is 204 Å².